The van der Waals surface area contributed by atoms with Crippen LogP contribution in [-0.2, 0) is 0 Å². The summed E-state index contributed by atoms with van der Waals surface area (Å²) in [6.07, 6.45) is 1.52. The highest BCUT2D eigenvalue weighted by Gasteiger charge is 2.31. The Bertz CT molecular complexity index is 912. The van der Waals surface area contributed by atoms with E-state index in [1.807, 2.05) is 29.2 Å². The van der Waals surface area contributed by atoms with Crippen molar-refractivity contribution in [2.75, 3.05) is 33.3 Å². The van der Waals surface area contributed by atoms with Crippen LogP contribution in [0.15, 0.2) is 51.5 Å². The van der Waals surface area contributed by atoms with E-state index in [1.54, 1.807) is 19.2 Å². The standard InChI is InChI=1S/C20H22N4O4/c1-14(18-21-22-19(28-18)15-5-7-16(26-2)8-6-15)23-9-11-24(12-10-23)20(25)17-4-3-13-27-17/h3-8,13-14H,9-12H2,1-2H3/p+1/t14-/m1/s1. The van der Waals surface area contributed by atoms with Gasteiger partial charge in [-0.25, -0.2) is 0 Å². The number of rotatable bonds is 5. The van der Waals surface area contributed by atoms with Crippen LogP contribution < -0.4 is 9.64 Å². The fraction of sp³-hybridized carbons (Fsp3) is 0.350. The summed E-state index contributed by atoms with van der Waals surface area (Å²) in [7, 11) is 1.63. The van der Waals surface area contributed by atoms with Gasteiger partial charge in [-0.3, -0.25) is 4.79 Å². The number of nitrogens with zero attached hydrogens (tertiary/aromatic N) is 3. The summed E-state index contributed by atoms with van der Waals surface area (Å²) >= 11 is 0. The van der Waals surface area contributed by atoms with Crippen LogP contribution in [0.25, 0.3) is 11.5 Å². The second-order valence-electron chi connectivity index (χ2n) is 6.82. The molecule has 1 atom stereocenters. The zero-order valence-corrected chi connectivity index (χ0v) is 15.9. The van der Waals surface area contributed by atoms with E-state index in [4.69, 9.17) is 13.6 Å². The van der Waals surface area contributed by atoms with E-state index in [0.29, 0.717) is 30.6 Å². The number of carbonyl (C=O) groups is 1. The van der Waals surface area contributed by atoms with Gasteiger partial charge in [0, 0.05) is 5.56 Å². The van der Waals surface area contributed by atoms with Gasteiger partial charge in [0.1, 0.15) is 5.75 Å². The molecule has 0 unspecified atom stereocenters. The highest BCUT2D eigenvalue weighted by atomic mass is 16.5. The quantitative estimate of drug-likeness (QED) is 0.718. The molecule has 8 heteroatoms. The average Bonchev–Trinajstić information content (AvgIpc) is 3.45. The van der Waals surface area contributed by atoms with E-state index >= 15 is 0 Å². The Morgan fingerprint density at radius 3 is 2.57 bits per heavy atom. The topological polar surface area (TPSA) is 86.0 Å². The molecule has 1 fully saturated rings. The maximum absolute atomic E-state index is 12.4. The summed E-state index contributed by atoms with van der Waals surface area (Å²) in [6, 6.07) is 11.0. The lowest BCUT2D eigenvalue weighted by Crippen LogP contribution is -3.14. The molecule has 146 valence electrons. The molecule has 1 aromatic carbocycles. The number of hydrogen-bond acceptors (Lipinski definition) is 6. The molecule has 8 nitrogen and oxygen atoms in total. The summed E-state index contributed by atoms with van der Waals surface area (Å²) in [5.41, 5.74) is 0.857. The Labute approximate surface area is 162 Å². The van der Waals surface area contributed by atoms with E-state index in [2.05, 4.69) is 17.1 Å². The van der Waals surface area contributed by atoms with Crippen LogP contribution in [0.5, 0.6) is 5.75 Å². The molecule has 0 saturated carbocycles. The van der Waals surface area contributed by atoms with Crippen molar-refractivity contribution in [3.05, 3.63) is 54.3 Å². The van der Waals surface area contributed by atoms with Gasteiger partial charge in [0.05, 0.1) is 39.6 Å². The molecule has 28 heavy (non-hydrogen) atoms. The molecule has 1 amide bonds. The van der Waals surface area contributed by atoms with Crippen molar-refractivity contribution in [1.82, 2.24) is 15.1 Å². The Morgan fingerprint density at radius 2 is 1.93 bits per heavy atom. The van der Waals surface area contributed by atoms with Gasteiger partial charge >= 0.3 is 0 Å². The lowest BCUT2D eigenvalue weighted by molar-refractivity contribution is -0.934. The number of amides is 1. The van der Waals surface area contributed by atoms with Gasteiger partial charge in [0.2, 0.25) is 5.89 Å². The number of quaternary nitrogens is 1. The lowest BCUT2D eigenvalue weighted by atomic mass is 10.2. The summed E-state index contributed by atoms with van der Waals surface area (Å²) in [6.45, 7) is 5.03. The molecular weight excluding hydrogens is 360 g/mol. The molecule has 4 rings (SSSR count). The van der Waals surface area contributed by atoms with Crippen molar-refractivity contribution in [3.8, 4) is 17.2 Å². The first-order valence-corrected chi connectivity index (χ1v) is 9.31. The van der Waals surface area contributed by atoms with Gasteiger partial charge in [-0.05, 0) is 43.3 Å². The van der Waals surface area contributed by atoms with Crippen molar-refractivity contribution in [1.29, 1.82) is 0 Å². The molecule has 0 radical (unpaired) electrons. The van der Waals surface area contributed by atoms with Crippen LogP contribution >= 0.6 is 0 Å². The van der Waals surface area contributed by atoms with Gasteiger partial charge in [-0.15, -0.1) is 10.2 Å². The Kier molecular flexibility index (Phi) is 5.12. The SMILES string of the molecule is COc1ccc(-c2nnc([C@@H](C)[NH+]3CCN(C(=O)c4ccco4)CC3)o2)cc1. The minimum absolute atomic E-state index is 0.0559. The fourth-order valence-electron chi connectivity index (χ4n) is 3.42. The van der Waals surface area contributed by atoms with Crippen LogP contribution in [0.4, 0.5) is 0 Å². The number of furan rings is 1. The molecule has 1 aliphatic heterocycles. The highest BCUT2D eigenvalue weighted by molar-refractivity contribution is 5.91. The molecule has 3 aromatic rings. The molecule has 1 aliphatic rings. The van der Waals surface area contributed by atoms with Crippen molar-refractivity contribution in [2.45, 2.75) is 13.0 Å². The fourth-order valence-corrected chi connectivity index (χ4v) is 3.42. The molecule has 0 spiro atoms. The maximum atomic E-state index is 12.4. The third-order valence-corrected chi connectivity index (χ3v) is 5.19. The van der Waals surface area contributed by atoms with E-state index in [0.717, 1.165) is 24.4 Å². The summed E-state index contributed by atoms with van der Waals surface area (Å²) in [5, 5.41) is 8.43. The third-order valence-electron chi connectivity index (χ3n) is 5.19. The lowest BCUT2D eigenvalue weighted by Gasteiger charge is -2.33. The van der Waals surface area contributed by atoms with Crippen molar-refractivity contribution in [3.63, 3.8) is 0 Å². The maximum Gasteiger partial charge on any atom is 0.289 e. The van der Waals surface area contributed by atoms with E-state index in [-0.39, 0.29) is 11.9 Å². The van der Waals surface area contributed by atoms with Crippen LogP contribution in [-0.4, -0.2) is 54.3 Å². The number of ether oxygens (including phenoxy) is 1. The van der Waals surface area contributed by atoms with Crippen LogP contribution in [0, 0.1) is 0 Å². The molecule has 0 bridgehead atoms. The Hall–Kier alpha value is -3.13. The smallest absolute Gasteiger partial charge is 0.289 e. The largest absolute Gasteiger partial charge is 0.497 e. The number of carbonyl (C=O) groups excluding carboxylic acids is 1. The molecule has 2 aromatic heterocycles. The number of aromatic nitrogens is 2. The monoisotopic (exact) mass is 383 g/mol. The summed E-state index contributed by atoms with van der Waals surface area (Å²) in [5.74, 6) is 2.21. The molecule has 1 saturated heterocycles. The Morgan fingerprint density at radius 1 is 1.18 bits per heavy atom. The third kappa shape index (κ3) is 3.63. The molecule has 3 heterocycles. The first-order chi connectivity index (χ1) is 13.7. The van der Waals surface area contributed by atoms with Gasteiger partial charge in [-0.1, -0.05) is 0 Å². The van der Waals surface area contributed by atoms with E-state index in [1.165, 1.54) is 11.2 Å². The highest BCUT2D eigenvalue weighted by Crippen LogP contribution is 2.22. The van der Waals surface area contributed by atoms with Crippen molar-refractivity contribution >= 4 is 5.91 Å². The van der Waals surface area contributed by atoms with Gasteiger partial charge in [-0.2, -0.15) is 0 Å². The van der Waals surface area contributed by atoms with Crippen LogP contribution in [0.1, 0.15) is 29.4 Å². The van der Waals surface area contributed by atoms with Crippen molar-refractivity contribution < 1.29 is 23.3 Å². The first-order valence-electron chi connectivity index (χ1n) is 9.31. The van der Waals surface area contributed by atoms with Gasteiger partial charge < -0.3 is 23.4 Å². The zero-order chi connectivity index (χ0) is 19.5. The predicted molar refractivity (Wildman–Crippen MR) is 100 cm³/mol. The van der Waals surface area contributed by atoms with Gasteiger partial charge in [0.15, 0.2) is 11.8 Å². The molecule has 1 N–H and O–H groups in total. The summed E-state index contributed by atoms with van der Waals surface area (Å²) in [4.78, 5) is 15.5. The number of piperazine rings is 1. The normalized spacial score (nSPS) is 16.1. The van der Waals surface area contributed by atoms with E-state index in [9.17, 15) is 4.79 Å². The molecular formula is C20H23N4O4+. The Balaban J connectivity index is 1.38. The predicted octanol–water partition coefficient (Wildman–Crippen LogP) is 1.44. The second-order valence-corrected chi connectivity index (χ2v) is 6.82. The minimum atomic E-state index is -0.0590. The van der Waals surface area contributed by atoms with Gasteiger partial charge in [0.25, 0.3) is 11.8 Å². The van der Waals surface area contributed by atoms with Crippen LogP contribution in [0.3, 0.4) is 0 Å². The second kappa shape index (κ2) is 7.85. The number of benzene rings is 1. The average molecular weight is 383 g/mol. The number of nitrogens with one attached hydrogen (secondary N) is 1. The number of hydrogen-bond donors (Lipinski definition) is 1. The van der Waals surface area contributed by atoms with Crippen molar-refractivity contribution in [2.24, 2.45) is 0 Å². The first kappa shape index (κ1) is 18.2. The van der Waals surface area contributed by atoms with E-state index < -0.39 is 0 Å². The number of methoxy groups -OCH3 is 1. The molecule has 0 aliphatic carbocycles. The minimum Gasteiger partial charge on any atom is -0.497 e. The van der Waals surface area contributed by atoms with Crippen LogP contribution in [0.2, 0.25) is 0 Å². The summed E-state index contributed by atoms with van der Waals surface area (Å²) < 4.78 is 16.3. The zero-order valence-electron chi connectivity index (χ0n) is 15.9.